The van der Waals surface area contributed by atoms with Crippen molar-refractivity contribution < 1.29 is 0 Å². The molecular formula is C11H20N4. The van der Waals surface area contributed by atoms with E-state index in [0.717, 1.165) is 25.6 Å². The number of aromatic nitrogens is 2. The molecule has 0 aliphatic carbocycles. The van der Waals surface area contributed by atoms with Crippen LogP contribution in [0.25, 0.3) is 0 Å². The molecule has 2 rings (SSSR count). The van der Waals surface area contributed by atoms with Crippen LogP contribution in [0.2, 0.25) is 0 Å². The molecule has 2 unspecified atom stereocenters. The maximum atomic E-state index is 5.83. The molecule has 2 atom stereocenters. The fraction of sp³-hybridized carbons (Fsp3) is 0.727. The first-order valence-corrected chi connectivity index (χ1v) is 5.75. The van der Waals surface area contributed by atoms with E-state index in [4.69, 9.17) is 5.73 Å². The molecule has 1 aromatic heterocycles. The van der Waals surface area contributed by atoms with Crippen LogP contribution in [0.1, 0.15) is 20.3 Å². The van der Waals surface area contributed by atoms with Gasteiger partial charge in [-0.3, -0.25) is 0 Å². The van der Waals surface area contributed by atoms with Gasteiger partial charge in [-0.15, -0.1) is 0 Å². The maximum Gasteiger partial charge on any atom is 0.205 e. The van der Waals surface area contributed by atoms with Gasteiger partial charge in [0.1, 0.15) is 0 Å². The van der Waals surface area contributed by atoms with E-state index in [9.17, 15) is 0 Å². The summed E-state index contributed by atoms with van der Waals surface area (Å²) in [5.74, 6) is 1.76. The normalized spacial score (nSPS) is 26.2. The molecule has 4 heteroatoms. The summed E-state index contributed by atoms with van der Waals surface area (Å²) in [5, 5.41) is 0. The average Bonchev–Trinajstić information content (AvgIpc) is 2.82. The van der Waals surface area contributed by atoms with Crippen molar-refractivity contribution in [2.45, 2.75) is 32.9 Å². The van der Waals surface area contributed by atoms with Crippen LogP contribution in [0.4, 0.5) is 5.95 Å². The monoisotopic (exact) mass is 208 g/mol. The van der Waals surface area contributed by atoms with Gasteiger partial charge in [-0.25, -0.2) is 4.98 Å². The molecular weight excluding hydrogens is 188 g/mol. The van der Waals surface area contributed by atoms with Crippen molar-refractivity contribution in [3.8, 4) is 0 Å². The number of imidazole rings is 1. The summed E-state index contributed by atoms with van der Waals surface area (Å²) in [6.07, 6.45) is 5.12. The number of hydrogen-bond donors (Lipinski definition) is 1. The first-order chi connectivity index (χ1) is 7.27. The van der Waals surface area contributed by atoms with Gasteiger partial charge in [-0.05, 0) is 19.3 Å². The van der Waals surface area contributed by atoms with Crippen molar-refractivity contribution in [3.63, 3.8) is 0 Å². The van der Waals surface area contributed by atoms with Crippen molar-refractivity contribution in [2.24, 2.45) is 11.7 Å². The lowest BCUT2D eigenvalue weighted by Crippen LogP contribution is -2.39. The summed E-state index contributed by atoms with van der Waals surface area (Å²) in [6, 6.07) is 0.456. The van der Waals surface area contributed by atoms with Crippen LogP contribution in [0.15, 0.2) is 12.4 Å². The predicted octanol–water partition coefficient (Wildman–Crippen LogP) is 1.08. The van der Waals surface area contributed by atoms with Gasteiger partial charge in [0, 0.05) is 38.1 Å². The molecule has 2 N–H and O–H groups in total. The van der Waals surface area contributed by atoms with E-state index in [1.807, 2.05) is 12.4 Å². The highest BCUT2D eigenvalue weighted by Gasteiger charge is 2.32. The first kappa shape index (κ1) is 10.5. The first-order valence-electron chi connectivity index (χ1n) is 5.75. The third kappa shape index (κ3) is 1.74. The van der Waals surface area contributed by atoms with Crippen LogP contribution in [0, 0.1) is 5.92 Å². The van der Waals surface area contributed by atoms with Gasteiger partial charge < -0.3 is 15.2 Å². The van der Waals surface area contributed by atoms with Gasteiger partial charge in [-0.1, -0.05) is 6.92 Å². The highest BCUT2D eigenvalue weighted by atomic mass is 15.3. The average molecular weight is 208 g/mol. The molecule has 1 saturated heterocycles. The van der Waals surface area contributed by atoms with Crippen LogP contribution in [-0.2, 0) is 6.54 Å². The molecule has 0 saturated carbocycles. The van der Waals surface area contributed by atoms with Crippen LogP contribution >= 0.6 is 0 Å². The Hall–Kier alpha value is -1.03. The summed E-state index contributed by atoms with van der Waals surface area (Å²) in [7, 11) is 0. The minimum atomic E-state index is 0.456. The van der Waals surface area contributed by atoms with Gasteiger partial charge >= 0.3 is 0 Å². The van der Waals surface area contributed by atoms with Crippen molar-refractivity contribution in [2.75, 3.05) is 18.0 Å². The molecule has 2 heterocycles. The number of anilines is 1. The van der Waals surface area contributed by atoms with Crippen LogP contribution in [0.5, 0.6) is 0 Å². The van der Waals surface area contributed by atoms with Gasteiger partial charge in [0.25, 0.3) is 0 Å². The Morgan fingerprint density at radius 1 is 1.60 bits per heavy atom. The lowest BCUT2D eigenvalue weighted by molar-refractivity contribution is 0.512. The second-order valence-corrected chi connectivity index (χ2v) is 4.28. The molecule has 4 nitrogen and oxygen atoms in total. The Morgan fingerprint density at radius 3 is 3.07 bits per heavy atom. The quantitative estimate of drug-likeness (QED) is 0.808. The van der Waals surface area contributed by atoms with Crippen LogP contribution in [-0.4, -0.2) is 28.7 Å². The number of aryl methyl sites for hydroxylation is 1. The van der Waals surface area contributed by atoms with Crippen molar-refractivity contribution in [1.82, 2.24) is 9.55 Å². The Morgan fingerprint density at radius 2 is 2.40 bits per heavy atom. The smallest absolute Gasteiger partial charge is 0.205 e. The van der Waals surface area contributed by atoms with Crippen LogP contribution < -0.4 is 10.6 Å². The zero-order valence-corrected chi connectivity index (χ0v) is 9.56. The molecule has 0 spiro atoms. The number of rotatable bonds is 3. The zero-order chi connectivity index (χ0) is 10.8. The molecule has 84 valence electrons. The third-order valence-electron chi connectivity index (χ3n) is 3.42. The van der Waals surface area contributed by atoms with Gasteiger partial charge in [0.05, 0.1) is 0 Å². The topological polar surface area (TPSA) is 47.1 Å². The van der Waals surface area contributed by atoms with Crippen molar-refractivity contribution >= 4 is 5.95 Å². The SMILES string of the molecule is CCn1ccnc1N1CCC(C)C1CN. The molecule has 1 aliphatic rings. The van der Waals surface area contributed by atoms with E-state index < -0.39 is 0 Å². The Labute approximate surface area is 91.1 Å². The summed E-state index contributed by atoms with van der Waals surface area (Å²) < 4.78 is 2.18. The fourth-order valence-corrected chi connectivity index (χ4v) is 2.42. The van der Waals surface area contributed by atoms with E-state index in [1.165, 1.54) is 6.42 Å². The van der Waals surface area contributed by atoms with E-state index in [0.29, 0.717) is 12.0 Å². The molecule has 1 aromatic rings. The van der Waals surface area contributed by atoms with E-state index in [2.05, 4.69) is 28.3 Å². The van der Waals surface area contributed by atoms with E-state index in [-0.39, 0.29) is 0 Å². The lowest BCUT2D eigenvalue weighted by atomic mass is 10.0. The second-order valence-electron chi connectivity index (χ2n) is 4.28. The second kappa shape index (κ2) is 4.23. The zero-order valence-electron chi connectivity index (χ0n) is 9.56. The Bertz CT molecular complexity index is 320. The van der Waals surface area contributed by atoms with Crippen molar-refractivity contribution in [3.05, 3.63) is 12.4 Å². The minimum Gasteiger partial charge on any atom is -0.338 e. The van der Waals surface area contributed by atoms with Gasteiger partial charge in [-0.2, -0.15) is 0 Å². The third-order valence-corrected chi connectivity index (χ3v) is 3.42. The van der Waals surface area contributed by atoms with Gasteiger partial charge in [0.15, 0.2) is 0 Å². The summed E-state index contributed by atoms with van der Waals surface area (Å²) in [5.41, 5.74) is 5.83. The maximum absolute atomic E-state index is 5.83. The minimum absolute atomic E-state index is 0.456. The number of nitrogens with zero attached hydrogens (tertiary/aromatic N) is 3. The standard InChI is InChI=1S/C11H20N4/c1-3-14-7-5-13-11(14)15-6-4-9(2)10(15)8-12/h5,7,9-10H,3-4,6,8,12H2,1-2H3. The van der Waals surface area contributed by atoms with E-state index in [1.54, 1.807) is 0 Å². The summed E-state index contributed by atoms with van der Waals surface area (Å²) >= 11 is 0. The Kier molecular flexibility index (Phi) is 2.95. The Balaban J connectivity index is 2.23. The summed E-state index contributed by atoms with van der Waals surface area (Å²) in [6.45, 7) is 7.19. The fourth-order valence-electron chi connectivity index (χ4n) is 2.42. The molecule has 1 fully saturated rings. The summed E-state index contributed by atoms with van der Waals surface area (Å²) in [4.78, 5) is 6.79. The molecule has 15 heavy (non-hydrogen) atoms. The highest BCUT2D eigenvalue weighted by Crippen LogP contribution is 2.27. The number of nitrogens with two attached hydrogens (primary N) is 1. The molecule has 0 amide bonds. The van der Waals surface area contributed by atoms with Crippen molar-refractivity contribution in [1.29, 1.82) is 0 Å². The van der Waals surface area contributed by atoms with Gasteiger partial charge in [0.2, 0.25) is 5.95 Å². The molecule has 1 aliphatic heterocycles. The molecule has 0 bridgehead atoms. The lowest BCUT2D eigenvalue weighted by Gasteiger charge is -2.27. The molecule has 0 radical (unpaired) electrons. The largest absolute Gasteiger partial charge is 0.338 e. The number of hydrogen-bond acceptors (Lipinski definition) is 3. The predicted molar refractivity (Wildman–Crippen MR) is 61.9 cm³/mol. The van der Waals surface area contributed by atoms with E-state index >= 15 is 0 Å². The molecule has 0 aromatic carbocycles. The van der Waals surface area contributed by atoms with Crippen LogP contribution in [0.3, 0.4) is 0 Å². The highest BCUT2D eigenvalue weighted by molar-refractivity contribution is 5.35.